The first kappa shape index (κ1) is 31.6. The Hall–Kier alpha value is -3.42. The fourth-order valence-corrected chi connectivity index (χ4v) is 7.92. The van der Waals surface area contributed by atoms with Crippen LogP contribution in [0.2, 0.25) is 5.02 Å². The summed E-state index contributed by atoms with van der Waals surface area (Å²) >= 11 is 6.14. The van der Waals surface area contributed by atoms with Crippen LogP contribution < -0.4 is 10.0 Å². The van der Waals surface area contributed by atoms with Crippen LogP contribution in [0.15, 0.2) is 53.6 Å². The van der Waals surface area contributed by atoms with Crippen LogP contribution in [0.1, 0.15) is 43.4 Å². The van der Waals surface area contributed by atoms with Crippen molar-refractivity contribution in [1.82, 2.24) is 14.9 Å². The Morgan fingerprint density at radius 3 is 2.67 bits per heavy atom. The monoisotopic (exact) mass is 657 g/mol. The van der Waals surface area contributed by atoms with Gasteiger partial charge in [0, 0.05) is 48.9 Å². The molecule has 9 nitrogen and oxygen atoms in total. The van der Waals surface area contributed by atoms with Gasteiger partial charge in [-0.15, -0.1) is 0 Å². The zero-order valence-electron chi connectivity index (χ0n) is 24.9. The Morgan fingerprint density at radius 2 is 1.91 bits per heavy atom. The van der Waals surface area contributed by atoms with E-state index in [9.17, 15) is 13.5 Å². The number of piperidine rings is 1. The Balaban J connectivity index is 1.22. The molecule has 0 radical (unpaired) electrons. The predicted octanol–water partition coefficient (Wildman–Crippen LogP) is 5.92. The van der Waals surface area contributed by atoms with Crippen LogP contribution in [-0.4, -0.2) is 67.3 Å². The number of anilines is 2. The van der Waals surface area contributed by atoms with Crippen molar-refractivity contribution >= 4 is 44.2 Å². The molecule has 4 aromatic rings. The molecule has 2 unspecified atom stereocenters. The number of methoxy groups -OCH3 is 1. The molecule has 0 saturated carbocycles. The molecule has 2 heterocycles. The molecule has 238 valence electrons. The van der Waals surface area contributed by atoms with E-state index in [1.54, 1.807) is 31.5 Å². The lowest BCUT2D eigenvalue weighted by atomic mass is 10.0. The second kappa shape index (κ2) is 12.8. The third-order valence-electron chi connectivity index (χ3n) is 8.62. The summed E-state index contributed by atoms with van der Waals surface area (Å²) in [6, 6.07) is 10.2. The summed E-state index contributed by atoms with van der Waals surface area (Å²) in [6.45, 7) is 4.73. The molecule has 2 atom stereocenters. The van der Waals surface area contributed by atoms with Crippen molar-refractivity contribution in [2.75, 3.05) is 36.8 Å². The number of hydrogen-bond donors (Lipinski definition) is 3. The molecule has 0 spiro atoms. The van der Waals surface area contributed by atoms with Crippen molar-refractivity contribution in [3.63, 3.8) is 0 Å². The van der Waals surface area contributed by atoms with Gasteiger partial charge in [0.1, 0.15) is 5.82 Å². The minimum Gasteiger partial charge on any atom is -0.388 e. The molecule has 45 heavy (non-hydrogen) atoms. The number of hydrogen-bond acceptors (Lipinski definition) is 8. The van der Waals surface area contributed by atoms with Gasteiger partial charge in [-0.2, -0.15) is 0 Å². The van der Waals surface area contributed by atoms with Crippen molar-refractivity contribution in [3.05, 3.63) is 76.4 Å². The minimum atomic E-state index is -4.32. The number of likely N-dealkylation sites (tertiary alicyclic amines) is 1. The Morgan fingerprint density at radius 1 is 1.13 bits per heavy atom. The number of aromatic nitrogens is 2. The van der Waals surface area contributed by atoms with Crippen LogP contribution in [0.3, 0.4) is 0 Å². The number of halogens is 3. The van der Waals surface area contributed by atoms with E-state index in [1.165, 1.54) is 12.1 Å². The van der Waals surface area contributed by atoms with Crippen LogP contribution in [0.4, 0.5) is 20.4 Å². The van der Waals surface area contributed by atoms with Gasteiger partial charge in [0.05, 0.1) is 34.4 Å². The summed E-state index contributed by atoms with van der Waals surface area (Å²) in [5.74, 6) is -1.44. The van der Waals surface area contributed by atoms with Crippen LogP contribution in [-0.2, 0) is 21.2 Å². The molecule has 6 rings (SSSR count). The van der Waals surface area contributed by atoms with E-state index in [0.29, 0.717) is 53.5 Å². The number of sulfonamides is 1. The predicted molar refractivity (Wildman–Crippen MR) is 170 cm³/mol. The zero-order valence-corrected chi connectivity index (χ0v) is 26.4. The van der Waals surface area contributed by atoms with E-state index in [4.69, 9.17) is 16.3 Å². The number of fused-ring (bicyclic) bond motifs is 2. The fraction of sp³-hybridized carbons (Fsp3) is 0.375. The van der Waals surface area contributed by atoms with Crippen molar-refractivity contribution in [3.8, 4) is 11.1 Å². The van der Waals surface area contributed by atoms with Gasteiger partial charge in [0.2, 0.25) is 5.95 Å². The van der Waals surface area contributed by atoms with Gasteiger partial charge in [-0.3, -0.25) is 9.62 Å². The summed E-state index contributed by atoms with van der Waals surface area (Å²) < 4.78 is 65.2. The first-order valence-corrected chi connectivity index (χ1v) is 16.7. The van der Waals surface area contributed by atoms with Gasteiger partial charge >= 0.3 is 0 Å². The van der Waals surface area contributed by atoms with Crippen LogP contribution >= 0.6 is 11.6 Å². The molecule has 3 N–H and O–H groups in total. The van der Waals surface area contributed by atoms with Gasteiger partial charge in [-0.25, -0.2) is 27.2 Å². The number of aliphatic hydroxyl groups is 1. The zero-order chi connectivity index (χ0) is 31.9. The van der Waals surface area contributed by atoms with Crippen molar-refractivity contribution < 1.29 is 27.0 Å². The van der Waals surface area contributed by atoms with E-state index in [2.05, 4.69) is 31.8 Å². The maximum atomic E-state index is 15.8. The quantitative estimate of drug-likeness (QED) is 0.203. The lowest BCUT2D eigenvalue weighted by molar-refractivity contribution is 0.0839. The van der Waals surface area contributed by atoms with E-state index in [1.807, 2.05) is 0 Å². The maximum Gasteiger partial charge on any atom is 0.262 e. The Labute approximate surface area is 265 Å². The highest BCUT2D eigenvalue weighted by Gasteiger charge is 2.30. The Kier molecular flexibility index (Phi) is 8.95. The summed E-state index contributed by atoms with van der Waals surface area (Å²) in [6.07, 6.45) is 3.32. The van der Waals surface area contributed by atoms with E-state index >= 15 is 8.78 Å². The number of aliphatic hydroxyl groups excluding tert-OH is 1. The largest absolute Gasteiger partial charge is 0.388 e. The average Bonchev–Trinajstić information content (AvgIpc) is 3.38. The minimum absolute atomic E-state index is 0.130. The highest BCUT2D eigenvalue weighted by molar-refractivity contribution is 7.92. The standard InChI is InChI=1S/C32H34ClF2N5O4S/c1-18(17-44-2)40-11-9-22(10-12-40)37-32-36-16-20-13-19(3-6-26(20)38-32)30-25(34)5-7-27(31(30)35)39-45(42,43)29-15-21(33)14-24-23(29)4-8-28(24)41/h3,5-7,13-16,18,22,28,39,41H,4,8-12,17H2,1-2H3,(H,36,37,38). The van der Waals surface area contributed by atoms with Crippen LogP contribution in [0.5, 0.6) is 0 Å². The second-order valence-electron chi connectivity index (χ2n) is 11.6. The summed E-state index contributed by atoms with van der Waals surface area (Å²) in [5, 5.41) is 14.3. The fourth-order valence-electron chi connectivity index (χ4n) is 6.24. The van der Waals surface area contributed by atoms with E-state index in [0.717, 1.165) is 38.1 Å². The van der Waals surface area contributed by atoms with Crippen molar-refractivity contribution in [1.29, 1.82) is 0 Å². The molecular weight excluding hydrogens is 624 g/mol. The molecule has 0 amide bonds. The first-order valence-electron chi connectivity index (χ1n) is 14.8. The van der Waals surface area contributed by atoms with Crippen molar-refractivity contribution in [2.24, 2.45) is 0 Å². The lowest BCUT2D eigenvalue weighted by Crippen LogP contribution is -2.45. The van der Waals surface area contributed by atoms with Gasteiger partial charge in [0.15, 0.2) is 5.82 Å². The molecule has 1 fully saturated rings. The summed E-state index contributed by atoms with van der Waals surface area (Å²) in [5.41, 5.74) is 0.840. The van der Waals surface area contributed by atoms with E-state index in [-0.39, 0.29) is 27.1 Å². The second-order valence-corrected chi connectivity index (χ2v) is 13.7. The molecule has 1 aromatic heterocycles. The van der Waals surface area contributed by atoms with Crippen LogP contribution in [0, 0.1) is 11.6 Å². The molecule has 1 saturated heterocycles. The third-order valence-corrected chi connectivity index (χ3v) is 10.3. The lowest BCUT2D eigenvalue weighted by Gasteiger charge is -2.36. The van der Waals surface area contributed by atoms with E-state index < -0.39 is 33.4 Å². The summed E-state index contributed by atoms with van der Waals surface area (Å²) in [4.78, 5) is 11.3. The number of rotatable bonds is 9. The summed E-state index contributed by atoms with van der Waals surface area (Å²) in [7, 11) is -2.61. The number of ether oxygens (including phenoxy) is 1. The van der Waals surface area contributed by atoms with Gasteiger partial charge in [0.25, 0.3) is 10.0 Å². The number of benzene rings is 3. The SMILES string of the molecule is COCC(C)N1CCC(Nc2ncc3cc(-c4c(F)ccc(NS(=O)(=O)c5cc(Cl)cc6c5CCC6O)c4F)ccc3n2)CC1. The van der Waals surface area contributed by atoms with Crippen LogP contribution in [0.25, 0.3) is 22.0 Å². The highest BCUT2D eigenvalue weighted by atomic mass is 35.5. The van der Waals surface area contributed by atoms with Gasteiger partial charge in [-0.1, -0.05) is 17.7 Å². The first-order chi connectivity index (χ1) is 21.5. The molecule has 2 aliphatic rings. The maximum absolute atomic E-state index is 15.8. The topological polar surface area (TPSA) is 117 Å². The molecule has 3 aromatic carbocycles. The normalized spacial score (nSPS) is 18.2. The van der Waals surface area contributed by atoms with Gasteiger partial charge < -0.3 is 15.2 Å². The molecule has 13 heteroatoms. The molecular formula is C32H34ClF2N5O4S. The Bertz CT molecular complexity index is 1850. The number of nitrogens with one attached hydrogen (secondary N) is 2. The molecule has 1 aliphatic heterocycles. The third kappa shape index (κ3) is 6.48. The van der Waals surface area contributed by atoms with Gasteiger partial charge in [-0.05, 0) is 85.7 Å². The number of nitrogens with zero attached hydrogens (tertiary/aromatic N) is 3. The highest BCUT2D eigenvalue weighted by Crippen LogP contribution is 2.39. The molecule has 1 aliphatic carbocycles. The average molecular weight is 658 g/mol. The van der Waals surface area contributed by atoms with Crippen molar-refractivity contribution in [2.45, 2.75) is 55.7 Å². The smallest absolute Gasteiger partial charge is 0.262 e. The molecule has 0 bridgehead atoms.